The molecule has 0 radical (unpaired) electrons. The van der Waals surface area contributed by atoms with E-state index in [1.165, 1.54) is 12.1 Å². The summed E-state index contributed by atoms with van der Waals surface area (Å²) in [7, 11) is 0. The van der Waals surface area contributed by atoms with Crippen molar-refractivity contribution in [3.63, 3.8) is 0 Å². The number of hydrogen-bond acceptors (Lipinski definition) is 4. The van der Waals surface area contributed by atoms with Crippen LogP contribution in [0.5, 0.6) is 0 Å². The monoisotopic (exact) mass is 319 g/mol. The van der Waals surface area contributed by atoms with Crippen LogP contribution in [-0.2, 0) is 4.79 Å². The normalized spacial score (nSPS) is 11.8. The highest BCUT2D eigenvalue weighted by Crippen LogP contribution is 2.35. The van der Waals surface area contributed by atoms with Gasteiger partial charge in [-0.1, -0.05) is 30.1 Å². The number of halogens is 2. The van der Waals surface area contributed by atoms with Gasteiger partial charge in [-0.05, 0) is 13.3 Å². The lowest BCUT2D eigenvalue weighted by atomic mass is 10.2. The van der Waals surface area contributed by atoms with Crippen molar-refractivity contribution in [2.45, 2.75) is 26.3 Å². The Morgan fingerprint density at radius 1 is 1.40 bits per heavy atom. The number of carbonyl (C=O) groups excluding carboxylic acids is 1. The number of nitro benzene ring substituents is 1. The fourth-order valence-electron chi connectivity index (χ4n) is 1.49. The van der Waals surface area contributed by atoms with Crippen molar-refractivity contribution >= 4 is 40.5 Å². The topological polar surface area (TPSA) is 84.3 Å². The molecule has 0 aliphatic carbocycles. The Kier molecular flexibility index (Phi) is 6.04. The Morgan fingerprint density at radius 2 is 1.95 bits per heavy atom. The van der Waals surface area contributed by atoms with Crippen molar-refractivity contribution in [1.29, 1.82) is 0 Å². The molecule has 0 bridgehead atoms. The molecule has 0 saturated heterocycles. The van der Waals surface area contributed by atoms with Gasteiger partial charge in [0, 0.05) is 18.7 Å². The van der Waals surface area contributed by atoms with Crippen molar-refractivity contribution in [3.05, 3.63) is 32.3 Å². The lowest BCUT2D eigenvalue weighted by Crippen LogP contribution is -2.38. The van der Waals surface area contributed by atoms with Crippen LogP contribution in [0.4, 0.5) is 11.4 Å². The van der Waals surface area contributed by atoms with E-state index in [9.17, 15) is 14.9 Å². The molecule has 110 valence electrons. The van der Waals surface area contributed by atoms with E-state index < -0.39 is 11.0 Å². The summed E-state index contributed by atoms with van der Waals surface area (Å²) in [6, 6.07) is 1.82. The van der Waals surface area contributed by atoms with Crippen molar-refractivity contribution in [2.24, 2.45) is 0 Å². The van der Waals surface area contributed by atoms with E-state index in [1.54, 1.807) is 6.92 Å². The summed E-state index contributed by atoms with van der Waals surface area (Å²) < 4.78 is 0. The van der Waals surface area contributed by atoms with Gasteiger partial charge in [-0.3, -0.25) is 14.9 Å². The van der Waals surface area contributed by atoms with E-state index in [1.807, 2.05) is 6.92 Å². The van der Waals surface area contributed by atoms with Crippen LogP contribution in [0.3, 0.4) is 0 Å². The lowest BCUT2D eigenvalue weighted by Gasteiger charge is -2.17. The predicted molar refractivity (Wildman–Crippen MR) is 79.5 cm³/mol. The molecule has 0 spiro atoms. The van der Waals surface area contributed by atoms with Gasteiger partial charge < -0.3 is 10.6 Å². The fourth-order valence-corrected chi connectivity index (χ4v) is 2.07. The van der Waals surface area contributed by atoms with Crippen molar-refractivity contribution < 1.29 is 9.72 Å². The van der Waals surface area contributed by atoms with Crippen LogP contribution < -0.4 is 10.6 Å². The zero-order valence-electron chi connectivity index (χ0n) is 11.1. The zero-order valence-corrected chi connectivity index (χ0v) is 12.6. The first-order valence-electron chi connectivity index (χ1n) is 6.04. The molecule has 1 aromatic rings. The molecule has 1 atom stereocenters. The maximum absolute atomic E-state index is 11.7. The van der Waals surface area contributed by atoms with Gasteiger partial charge in [-0.2, -0.15) is 0 Å². The number of anilines is 1. The number of non-ortho nitro benzene ring substituents is 1. The van der Waals surface area contributed by atoms with E-state index in [2.05, 4.69) is 10.6 Å². The van der Waals surface area contributed by atoms with Crippen molar-refractivity contribution in [1.82, 2.24) is 5.32 Å². The molecule has 1 unspecified atom stereocenters. The standard InChI is InChI=1S/C12H15Cl2N3O3/c1-3-4-15-12(18)7(2)16-11-9(13)5-8(17(19)20)6-10(11)14/h5-7,16H,3-4H2,1-2H3,(H,15,18). The minimum Gasteiger partial charge on any atom is -0.371 e. The second kappa shape index (κ2) is 7.31. The van der Waals surface area contributed by atoms with Crippen molar-refractivity contribution in [2.75, 3.05) is 11.9 Å². The van der Waals surface area contributed by atoms with E-state index in [0.717, 1.165) is 6.42 Å². The first kappa shape index (κ1) is 16.5. The number of nitrogens with one attached hydrogen (secondary N) is 2. The average Bonchev–Trinajstić information content (AvgIpc) is 2.39. The quantitative estimate of drug-likeness (QED) is 0.622. The SMILES string of the molecule is CCCNC(=O)C(C)Nc1c(Cl)cc([N+](=O)[O-])cc1Cl. The molecule has 1 aromatic carbocycles. The molecule has 0 heterocycles. The minimum atomic E-state index is -0.584. The largest absolute Gasteiger partial charge is 0.371 e. The molecule has 0 aliphatic heterocycles. The van der Waals surface area contributed by atoms with Gasteiger partial charge in [0.1, 0.15) is 6.04 Å². The summed E-state index contributed by atoms with van der Waals surface area (Å²) in [6.07, 6.45) is 0.831. The van der Waals surface area contributed by atoms with E-state index in [-0.39, 0.29) is 21.6 Å². The third kappa shape index (κ3) is 4.25. The van der Waals surface area contributed by atoms with E-state index in [4.69, 9.17) is 23.2 Å². The summed E-state index contributed by atoms with van der Waals surface area (Å²) in [6.45, 7) is 4.17. The second-order valence-electron chi connectivity index (χ2n) is 4.20. The van der Waals surface area contributed by atoms with Gasteiger partial charge in [0.2, 0.25) is 5.91 Å². The van der Waals surface area contributed by atoms with E-state index >= 15 is 0 Å². The third-order valence-corrected chi connectivity index (χ3v) is 3.14. The van der Waals surface area contributed by atoms with Gasteiger partial charge in [-0.25, -0.2) is 0 Å². The number of nitro groups is 1. The van der Waals surface area contributed by atoms with Crippen molar-refractivity contribution in [3.8, 4) is 0 Å². The van der Waals surface area contributed by atoms with Gasteiger partial charge in [0.25, 0.3) is 5.69 Å². The molecule has 0 aliphatic rings. The van der Waals surface area contributed by atoms with Crippen LogP contribution >= 0.6 is 23.2 Å². The zero-order chi connectivity index (χ0) is 15.3. The Labute approximate surface area is 126 Å². The second-order valence-corrected chi connectivity index (χ2v) is 5.01. The summed E-state index contributed by atoms with van der Waals surface area (Å²) >= 11 is 11.9. The minimum absolute atomic E-state index is 0.0966. The van der Waals surface area contributed by atoms with Gasteiger partial charge in [-0.15, -0.1) is 0 Å². The number of nitrogens with zero attached hydrogens (tertiary/aromatic N) is 1. The number of carbonyl (C=O) groups is 1. The lowest BCUT2D eigenvalue weighted by molar-refractivity contribution is -0.384. The van der Waals surface area contributed by atoms with Crippen LogP contribution in [0.1, 0.15) is 20.3 Å². The predicted octanol–water partition coefficient (Wildman–Crippen LogP) is 3.23. The third-order valence-electron chi connectivity index (χ3n) is 2.54. The highest BCUT2D eigenvalue weighted by atomic mass is 35.5. The number of amides is 1. The smallest absolute Gasteiger partial charge is 0.272 e. The highest BCUT2D eigenvalue weighted by molar-refractivity contribution is 6.39. The Morgan fingerprint density at radius 3 is 2.40 bits per heavy atom. The molecule has 1 amide bonds. The molecule has 20 heavy (non-hydrogen) atoms. The summed E-state index contributed by atoms with van der Waals surface area (Å²) in [4.78, 5) is 21.8. The Hall–Kier alpha value is -1.53. The molecule has 0 aromatic heterocycles. The van der Waals surface area contributed by atoms with Crippen LogP contribution in [-0.4, -0.2) is 23.4 Å². The molecule has 8 heteroatoms. The van der Waals surface area contributed by atoms with Gasteiger partial charge in [0.05, 0.1) is 20.7 Å². The number of rotatable bonds is 6. The number of hydrogen-bond donors (Lipinski definition) is 2. The summed E-state index contributed by atoms with van der Waals surface area (Å²) in [5.41, 5.74) is 0.103. The van der Waals surface area contributed by atoms with E-state index in [0.29, 0.717) is 12.2 Å². The van der Waals surface area contributed by atoms with Crippen LogP contribution in [0.15, 0.2) is 12.1 Å². The molecule has 1 rings (SSSR count). The molecule has 6 nitrogen and oxygen atoms in total. The fraction of sp³-hybridized carbons (Fsp3) is 0.417. The molecule has 2 N–H and O–H groups in total. The highest BCUT2D eigenvalue weighted by Gasteiger charge is 2.18. The summed E-state index contributed by atoms with van der Waals surface area (Å²) in [5, 5.41) is 16.4. The summed E-state index contributed by atoms with van der Waals surface area (Å²) in [5.74, 6) is -0.197. The van der Waals surface area contributed by atoms with Crippen LogP contribution in [0, 0.1) is 10.1 Å². The van der Waals surface area contributed by atoms with Crippen LogP contribution in [0.25, 0.3) is 0 Å². The Bertz CT molecular complexity index is 500. The molecule has 0 fully saturated rings. The average molecular weight is 320 g/mol. The molecular weight excluding hydrogens is 305 g/mol. The maximum Gasteiger partial charge on any atom is 0.272 e. The first-order valence-corrected chi connectivity index (χ1v) is 6.80. The van der Waals surface area contributed by atoms with Gasteiger partial charge >= 0.3 is 0 Å². The molecular formula is C12H15Cl2N3O3. The number of benzene rings is 1. The van der Waals surface area contributed by atoms with Gasteiger partial charge in [0.15, 0.2) is 0 Å². The van der Waals surface area contributed by atoms with Crippen LogP contribution in [0.2, 0.25) is 10.0 Å². The Balaban J connectivity index is 2.87. The molecule has 0 saturated carbocycles. The first-order chi connectivity index (χ1) is 9.36. The maximum atomic E-state index is 11.7.